The number of ether oxygens (including phenoxy) is 3. The number of hydrogen-bond acceptors (Lipinski definition) is 4. The number of para-hydroxylation sites is 1. The Morgan fingerprint density at radius 3 is 2.65 bits per heavy atom. The lowest BCUT2D eigenvalue weighted by atomic mass is 9.99. The van der Waals surface area contributed by atoms with E-state index >= 15 is 0 Å². The fraction of sp³-hybridized carbons (Fsp3) is 0.538. The van der Waals surface area contributed by atoms with E-state index in [1.54, 1.807) is 7.11 Å². The molecule has 1 heterocycles. The van der Waals surface area contributed by atoms with Crippen LogP contribution in [-0.2, 0) is 15.3 Å². The van der Waals surface area contributed by atoms with Gasteiger partial charge in [0.1, 0.15) is 5.75 Å². The van der Waals surface area contributed by atoms with Crippen LogP contribution in [0.2, 0.25) is 0 Å². The molecule has 1 saturated heterocycles. The van der Waals surface area contributed by atoms with E-state index in [0.29, 0.717) is 26.1 Å². The Labute approximate surface area is 101 Å². The van der Waals surface area contributed by atoms with Gasteiger partial charge in [0.2, 0.25) is 0 Å². The molecule has 0 aromatic heterocycles. The van der Waals surface area contributed by atoms with Gasteiger partial charge in [-0.3, -0.25) is 0 Å². The number of aliphatic hydroxyl groups excluding tert-OH is 1. The first-order chi connectivity index (χ1) is 8.32. The van der Waals surface area contributed by atoms with Crippen LogP contribution in [0.1, 0.15) is 18.4 Å². The predicted molar refractivity (Wildman–Crippen MR) is 62.9 cm³/mol. The summed E-state index contributed by atoms with van der Waals surface area (Å²) >= 11 is 0. The summed E-state index contributed by atoms with van der Waals surface area (Å²) in [5.41, 5.74) is 0.897. The molecule has 0 radical (unpaired) electrons. The molecule has 1 fully saturated rings. The Bertz CT molecular complexity index is 358. The van der Waals surface area contributed by atoms with Gasteiger partial charge in [-0.15, -0.1) is 0 Å². The van der Waals surface area contributed by atoms with E-state index < -0.39 is 5.79 Å². The SMILES string of the molecule is COc1ccccc1C1(CCCO)OCCO1. The zero-order valence-corrected chi connectivity index (χ0v) is 10.0. The highest BCUT2D eigenvalue weighted by Gasteiger charge is 2.40. The van der Waals surface area contributed by atoms with E-state index in [1.165, 1.54) is 0 Å². The number of aliphatic hydroxyl groups is 1. The Morgan fingerprint density at radius 1 is 1.29 bits per heavy atom. The molecule has 4 heteroatoms. The van der Waals surface area contributed by atoms with Crippen LogP contribution in [0, 0.1) is 0 Å². The van der Waals surface area contributed by atoms with Gasteiger partial charge in [0.25, 0.3) is 0 Å². The van der Waals surface area contributed by atoms with Crippen molar-refractivity contribution in [3.63, 3.8) is 0 Å². The molecule has 1 aliphatic heterocycles. The van der Waals surface area contributed by atoms with Gasteiger partial charge in [-0.1, -0.05) is 12.1 Å². The fourth-order valence-electron chi connectivity index (χ4n) is 2.16. The molecule has 1 aromatic carbocycles. The molecule has 2 rings (SSSR count). The van der Waals surface area contributed by atoms with Crippen molar-refractivity contribution in [2.24, 2.45) is 0 Å². The topological polar surface area (TPSA) is 47.9 Å². The molecule has 94 valence electrons. The second-order valence-corrected chi connectivity index (χ2v) is 3.98. The van der Waals surface area contributed by atoms with Gasteiger partial charge < -0.3 is 19.3 Å². The maximum atomic E-state index is 8.97. The molecule has 1 aromatic rings. The first-order valence-electron chi connectivity index (χ1n) is 5.85. The number of hydrogen-bond donors (Lipinski definition) is 1. The van der Waals surface area contributed by atoms with Crippen LogP contribution in [0.25, 0.3) is 0 Å². The average Bonchev–Trinajstić information content (AvgIpc) is 2.86. The average molecular weight is 238 g/mol. The second-order valence-electron chi connectivity index (χ2n) is 3.98. The smallest absolute Gasteiger partial charge is 0.198 e. The lowest BCUT2D eigenvalue weighted by Gasteiger charge is -2.29. The van der Waals surface area contributed by atoms with Gasteiger partial charge in [-0.25, -0.2) is 0 Å². The van der Waals surface area contributed by atoms with Gasteiger partial charge in [0.15, 0.2) is 5.79 Å². The minimum Gasteiger partial charge on any atom is -0.496 e. The number of rotatable bonds is 5. The summed E-state index contributed by atoms with van der Waals surface area (Å²) in [6, 6.07) is 7.68. The maximum Gasteiger partial charge on any atom is 0.198 e. The minimum atomic E-state index is -0.755. The Kier molecular flexibility index (Phi) is 3.99. The van der Waals surface area contributed by atoms with Crippen LogP contribution in [0.3, 0.4) is 0 Å². The Hall–Kier alpha value is -1.10. The van der Waals surface area contributed by atoms with E-state index in [-0.39, 0.29) is 6.61 Å². The molecule has 0 aliphatic carbocycles. The van der Waals surface area contributed by atoms with Gasteiger partial charge >= 0.3 is 0 Å². The van der Waals surface area contributed by atoms with Crippen LogP contribution in [-0.4, -0.2) is 32.0 Å². The highest BCUT2D eigenvalue weighted by molar-refractivity contribution is 5.37. The molecule has 0 unspecified atom stereocenters. The highest BCUT2D eigenvalue weighted by Crippen LogP contribution is 2.40. The van der Waals surface area contributed by atoms with Crippen LogP contribution >= 0.6 is 0 Å². The summed E-state index contributed by atoms with van der Waals surface area (Å²) < 4.78 is 16.9. The quantitative estimate of drug-likeness (QED) is 0.847. The van der Waals surface area contributed by atoms with E-state index in [0.717, 1.165) is 11.3 Å². The monoisotopic (exact) mass is 238 g/mol. The zero-order chi connectivity index (χ0) is 12.1. The lowest BCUT2D eigenvalue weighted by Crippen LogP contribution is -2.28. The second kappa shape index (κ2) is 5.49. The van der Waals surface area contributed by atoms with Gasteiger partial charge in [0, 0.05) is 13.0 Å². The molecule has 1 aliphatic rings. The molecule has 4 nitrogen and oxygen atoms in total. The van der Waals surface area contributed by atoms with Crippen molar-refractivity contribution in [3.8, 4) is 5.75 Å². The van der Waals surface area contributed by atoms with E-state index in [9.17, 15) is 0 Å². The first-order valence-corrected chi connectivity index (χ1v) is 5.85. The van der Waals surface area contributed by atoms with Crippen molar-refractivity contribution < 1.29 is 19.3 Å². The van der Waals surface area contributed by atoms with Gasteiger partial charge in [-0.2, -0.15) is 0 Å². The van der Waals surface area contributed by atoms with E-state index in [4.69, 9.17) is 19.3 Å². The molecule has 0 saturated carbocycles. The third-order valence-corrected chi connectivity index (χ3v) is 2.94. The van der Waals surface area contributed by atoms with Crippen LogP contribution < -0.4 is 4.74 Å². The number of benzene rings is 1. The summed E-state index contributed by atoms with van der Waals surface area (Å²) in [5.74, 6) is 0.00217. The summed E-state index contributed by atoms with van der Waals surface area (Å²) in [4.78, 5) is 0. The molecule has 0 spiro atoms. The standard InChI is InChI=1S/C13H18O4/c1-15-12-6-3-2-5-11(12)13(7-4-8-14)16-9-10-17-13/h2-3,5-6,14H,4,7-10H2,1H3. The van der Waals surface area contributed by atoms with Crippen molar-refractivity contribution in [2.45, 2.75) is 18.6 Å². The normalized spacial score (nSPS) is 18.2. The van der Waals surface area contributed by atoms with Crippen LogP contribution in [0.15, 0.2) is 24.3 Å². The zero-order valence-electron chi connectivity index (χ0n) is 10.0. The molecule has 0 atom stereocenters. The number of methoxy groups -OCH3 is 1. The summed E-state index contributed by atoms with van der Waals surface area (Å²) in [7, 11) is 1.63. The predicted octanol–water partition coefficient (Wildman–Crippen LogP) is 1.67. The van der Waals surface area contributed by atoms with Gasteiger partial charge in [-0.05, 0) is 18.6 Å². The third-order valence-electron chi connectivity index (χ3n) is 2.94. The van der Waals surface area contributed by atoms with Crippen molar-refractivity contribution in [1.29, 1.82) is 0 Å². The Morgan fingerprint density at radius 2 is 2.00 bits per heavy atom. The van der Waals surface area contributed by atoms with Crippen molar-refractivity contribution in [1.82, 2.24) is 0 Å². The third kappa shape index (κ3) is 2.44. The molecule has 17 heavy (non-hydrogen) atoms. The molecular formula is C13H18O4. The molecule has 0 amide bonds. The lowest BCUT2D eigenvalue weighted by molar-refractivity contribution is -0.173. The summed E-state index contributed by atoms with van der Waals surface area (Å²) in [5, 5.41) is 8.97. The van der Waals surface area contributed by atoms with Crippen molar-refractivity contribution >= 4 is 0 Å². The molecule has 0 bridgehead atoms. The Balaban J connectivity index is 2.31. The molecule has 1 N–H and O–H groups in total. The fourth-order valence-corrected chi connectivity index (χ4v) is 2.16. The minimum absolute atomic E-state index is 0.129. The highest BCUT2D eigenvalue weighted by atomic mass is 16.7. The first kappa shape index (κ1) is 12.4. The van der Waals surface area contributed by atoms with Gasteiger partial charge in [0.05, 0.1) is 25.9 Å². The van der Waals surface area contributed by atoms with Crippen LogP contribution in [0.5, 0.6) is 5.75 Å². The largest absolute Gasteiger partial charge is 0.496 e. The van der Waals surface area contributed by atoms with E-state index in [1.807, 2.05) is 24.3 Å². The maximum absolute atomic E-state index is 8.97. The van der Waals surface area contributed by atoms with Crippen molar-refractivity contribution in [3.05, 3.63) is 29.8 Å². The van der Waals surface area contributed by atoms with Crippen LogP contribution in [0.4, 0.5) is 0 Å². The summed E-state index contributed by atoms with van der Waals surface area (Å²) in [6.07, 6.45) is 1.27. The van der Waals surface area contributed by atoms with Crippen molar-refractivity contribution in [2.75, 3.05) is 26.9 Å². The summed E-state index contributed by atoms with van der Waals surface area (Å²) in [6.45, 7) is 1.27. The molecular weight excluding hydrogens is 220 g/mol. The van der Waals surface area contributed by atoms with E-state index in [2.05, 4.69) is 0 Å².